The van der Waals surface area contributed by atoms with Crippen molar-refractivity contribution in [2.75, 3.05) is 5.32 Å². The molecule has 0 spiro atoms. The number of anilines is 1. The maximum Gasteiger partial charge on any atom is 0.573 e. The smallest absolute Gasteiger partial charge is 0.461 e. The van der Waals surface area contributed by atoms with E-state index in [-0.39, 0.29) is 28.2 Å². The maximum absolute atomic E-state index is 14.0. The van der Waals surface area contributed by atoms with Crippen LogP contribution in [0.15, 0.2) is 35.2 Å². The summed E-state index contributed by atoms with van der Waals surface area (Å²) in [6.45, 7) is 3.85. The molecule has 1 amide bonds. The molecule has 4 fully saturated rings. The van der Waals surface area contributed by atoms with E-state index in [0.29, 0.717) is 65.1 Å². The molecule has 8 nitrogen and oxygen atoms in total. The van der Waals surface area contributed by atoms with Gasteiger partial charge in [0.05, 0.1) is 6.10 Å². The van der Waals surface area contributed by atoms with Gasteiger partial charge in [0.2, 0.25) is 6.29 Å². The topological polar surface area (TPSA) is 111 Å². The Balaban J connectivity index is 1.12. The molecule has 0 heterocycles. The number of ether oxygens (including phenoxy) is 3. The molecule has 4 saturated carbocycles. The van der Waals surface area contributed by atoms with E-state index in [2.05, 4.69) is 10.1 Å². The van der Waals surface area contributed by atoms with Gasteiger partial charge in [0.1, 0.15) is 4.90 Å². The molecular weight excluding hydrogens is 696 g/mol. The molecule has 1 atom stereocenters. The third-order valence-corrected chi connectivity index (χ3v) is 13.2. The van der Waals surface area contributed by atoms with Gasteiger partial charge >= 0.3 is 6.36 Å². The van der Waals surface area contributed by atoms with Crippen molar-refractivity contribution in [2.24, 2.45) is 29.6 Å². The summed E-state index contributed by atoms with van der Waals surface area (Å²) >= 11 is 0. The molecule has 9 rings (SSSR count). The van der Waals surface area contributed by atoms with Gasteiger partial charge in [-0.1, -0.05) is 19.9 Å². The lowest BCUT2D eigenvalue weighted by molar-refractivity contribution is -0.276. The Morgan fingerprint density at radius 1 is 0.808 bits per heavy atom. The number of benzene rings is 3. The molecule has 3 aromatic rings. The van der Waals surface area contributed by atoms with Crippen molar-refractivity contribution in [3.8, 4) is 11.5 Å². The Hall–Kier alpha value is -3.35. The molecule has 6 aliphatic carbocycles. The average molecular weight is 742 g/mol. The van der Waals surface area contributed by atoms with Crippen LogP contribution in [-0.2, 0) is 40.5 Å². The molecule has 0 aromatic heterocycles. The highest BCUT2D eigenvalue weighted by molar-refractivity contribution is 7.86. The SMILES string of the molecule is CC(C)C(Oc1cc2cc(C(=O)Nc3c4c(c(S(=O)(=O)O)c5c3CCCC5)CCCC4)ccc2cc1OC(F)(F)F)OC1C2CC3CC(C2)CC1C3. The minimum atomic E-state index is -4.95. The largest absolute Gasteiger partial charge is 0.573 e. The highest BCUT2D eigenvalue weighted by Crippen LogP contribution is 2.55. The molecule has 0 radical (unpaired) electrons. The number of fused-ring (bicyclic) bond motifs is 3. The first-order chi connectivity index (χ1) is 24.7. The van der Waals surface area contributed by atoms with Crippen LogP contribution >= 0.6 is 0 Å². The number of rotatable bonds is 9. The van der Waals surface area contributed by atoms with Crippen molar-refractivity contribution >= 4 is 32.5 Å². The zero-order valence-electron chi connectivity index (χ0n) is 29.6. The minimum absolute atomic E-state index is 0.00554. The van der Waals surface area contributed by atoms with Crippen molar-refractivity contribution in [3.05, 3.63) is 58.1 Å². The van der Waals surface area contributed by atoms with Gasteiger partial charge in [0.15, 0.2) is 11.5 Å². The van der Waals surface area contributed by atoms with Crippen molar-refractivity contribution in [3.63, 3.8) is 0 Å². The molecule has 52 heavy (non-hydrogen) atoms. The molecule has 280 valence electrons. The van der Waals surface area contributed by atoms with Gasteiger partial charge in [-0.15, -0.1) is 13.2 Å². The fourth-order valence-electron chi connectivity index (χ4n) is 10.3. The van der Waals surface area contributed by atoms with E-state index in [4.69, 9.17) is 9.47 Å². The number of amides is 1. The lowest BCUT2D eigenvalue weighted by Gasteiger charge is -2.54. The molecular formula is C40H46F3NO7S. The van der Waals surface area contributed by atoms with Crippen LogP contribution in [-0.4, -0.2) is 37.6 Å². The number of carbonyl (C=O) groups excluding carboxylic acids is 1. The summed E-state index contributed by atoms with van der Waals surface area (Å²) in [7, 11) is -4.47. The number of carbonyl (C=O) groups is 1. The maximum atomic E-state index is 14.0. The van der Waals surface area contributed by atoms with E-state index in [9.17, 15) is 30.9 Å². The zero-order chi connectivity index (χ0) is 36.5. The van der Waals surface area contributed by atoms with Crippen molar-refractivity contribution < 1.29 is 45.1 Å². The quantitative estimate of drug-likeness (QED) is 0.166. The van der Waals surface area contributed by atoms with Gasteiger partial charge in [-0.3, -0.25) is 9.35 Å². The van der Waals surface area contributed by atoms with E-state index in [1.165, 1.54) is 18.6 Å². The van der Waals surface area contributed by atoms with Gasteiger partial charge in [0, 0.05) is 17.2 Å². The molecule has 0 saturated heterocycles. The molecule has 6 aliphatic rings. The van der Waals surface area contributed by atoms with Crippen molar-refractivity contribution in [2.45, 2.75) is 121 Å². The van der Waals surface area contributed by atoms with Crippen LogP contribution in [0.5, 0.6) is 11.5 Å². The van der Waals surface area contributed by atoms with Crippen LogP contribution in [0.4, 0.5) is 18.9 Å². The van der Waals surface area contributed by atoms with Crippen molar-refractivity contribution in [1.29, 1.82) is 0 Å². The molecule has 0 aliphatic heterocycles. The number of hydrogen-bond acceptors (Lipinski definition) is 6. The highest BCUT2D eigenvalue weighted by atomic mass is 32.2. The van der Waals surface area contributed by atoms with E-state index in [1.807, 2.05) is 13.8 Å². The fraction of sp³-hybridized carbons (Fsp3) is 0.575. The first kappa shape index (κ1) is 35.7. The lowest BCUT2D eigenvalue weighted by Crippen LogP contribution is -2.51. The summed E-state index contributed by atoms with van der Waals surface area (Å²) in [5.41, 5.74) is 3.55. The van der Waals surface area contributed by atoms with Gasteiger partial charge in [-0.05, 0) is 164 Å². The Morgan fingerprint density at radius 2 is 1.37 bits per heavy atom. The second-order valence-corrected chi connectivity index (χ2v) is 17.5. The van der Waals surface area contributed by atoms with Gasteiger partial charge in [-0.2, -0.15) is 8.42 Å². The molecule has 4 bridgehead atoms. The Labute approximate surface area is 302 Å². The predicted octanol–water partition coefficient (Wildman–Crippen LogP) is 9.20. The number of hydrogen-bond donors (Lipinski definition) is 2. The summed E-state index contributed by atoms with van der Waals surface area (Å²) in [6, 6.07) is 7.50. The second kappa shape index (κ2) is 13.5. The Bertz CT molecular complexity index is 1950. The summed E-state index contributed by atoms with van der Waals surface area (Å²) < 4.78 is 94.0. The number of nitrogens with one attached hydrogen (secondary N) is 1. The van der Waals surface area contributed by atoms with Crippen LogP contribution in [0.3, 0.4) is 0 Å². The fourth-order valence-corrected chi connectivity index (χ4v) is 11.3. The van der Waals surface area contributed by atoms with Crippen LogP contribution < -0.4 is 14.8 Å². The van der Waals surface area contributed by atoms with Gasteiger partial charge < -0.3 is 19.5 Å². The zero-order valence-corrected chi connectivity index (χ0v) is 30.4. The summed E-state index contributed by atoms with van der Waals surface area (Å²) in [6.07, 6.45) is 5.39. The Morgan fingerprint density at radius 3 is 1.90 bits per heavy atom. The number of alkyl halides is 3. The lowest BCUT2D eigenvalue weighted by atomic mass is 9.55. The minimum Gasteiger partial charge on any atom is -0.461 e. The second-order valence-electron chi connectivity index (χ2n) is 16.1. The van der Waals surface area contributed by atoms with Crippen LogP contribution in [0, 0.1) is 29.6 Å². The molecule has 1 unspecified atom stereocenters. The van der Waals surface area contributed by atoms with Crippen LogP contribution in [0.25, 0.3) is 10.8 Å². The van der Waals surface area contributed by atoms with Gasteiger partial charge in [0.25, 0.3) is 16.0 Å². The molecule has 12 heteroatoms. The summed E-state index contributed by atoms with van der Waals surface area (Å²) in [5.74, 6) is 1.17. The van der Waals surface area contributed by atoms with E-state index in [1.54, 1.807) is 18.2 Å². The van der Waals surface area contributed by atoms with Crippen LogP contribution in [0.1, 0.15) is 104 Å². The molecule has 2 N–H and O–H groups in total. The number of halogens is 3. The molecule has 3 aromatic carbocycles. The third kappa shape index (κ3) is 6.91. The van der Waals surface area contributed by atoms with E-state index < -0.39 is 34.4 Å². The van der Waals surface area contributed by atoms with Gasteiger partial charge in [-0.25, -0.2) is 0 Å². The van der Waals surface area contributed by atoms with E-state index >= 15 is 0 Å². The normalized spacial score (nSPS) is 25.9. The third-order valence-electron chi connectivity index (χ3n) is 12.2. The van der Waals surface area contributed by atoms with E-state index in [0.717, 1.165) is 74.3 Å². The average Bonchev–Trinajstić information content (AvgIpc) is 3.07. The predicted molar refractivity (Wildman–Crippen MR) is 189 cm³/mol. The summed E-state index contributed by atoms with van der Waals surface area (Å²) in [5, 5.41) is 4.01. The Kier molecular flexibility index (Phi) is 9.26. The summed E-state index contributed by atoms with van der Waals surface area (Å²) in [4.78, 5) is 14.0. The standard InChI is InChI=1S/C40H46F3NO7S/c1-21(2)39(50-36-27-14-22-13-23(16-27)17-28(36)15-22)49-33-20-26-18-25(12-11-24(26)19-34(33)51-40(41,42)43)38(45)44-35-29-7-3-5-9-31(29)37(52(46,47)48)32-10-6-4-8-30(32)35/h11-12,18-23,27-28,36,39H,3-10,13-17H2,1-2H3,(H,44,45)(H,46,47,48). The van der Waals surface area contributed by atoms with Crippen LogP contribution in [0.2, 0.25) is 0 Å². The van der Waals surface area contributed by atoms with Crippen molar-refractivity contribution in [1.82, 2.24) is 0 Å². The highest BCUT2D eigenvalue weighted by Gasteiger charge is 2.50. The monoisotopic (exact) mass is 741 g/mol. The first-order valence-corrected chi connectivity index (χ1v) is 20.3. The first-order valence-electron chi connectivity index (χ1n) is 18.9.